The average molecular weight is 387 g/mol. The predicted molar refractivity (Wildman–Crippen MR) is 102 cm³/mol. The van der Waals surface area contributed by atoms with Gasteiger partial charge in [0.25, 0.3) is 5.92 Å². The standard InChI is InChI=1S/C19H24F2N2O2.ClH/c1-2-25-16-8-7-14-5-3-4-6-15(14)17(16)18(19(20,21)13-24)23-11-9-22-10-12-23;/h3-8,18,22,24H,2,9-13H2,1H3;1H/t18-;/m0./s1. The smallest absolute Gasteiger partial charge is 0.290 e. The van der Waals surface area contributed by atoms with E-state index in [0.717, 1.165) is 10.8 Å². The molecule has 0 aromatic heterocycles. The Bertz CT molecular complexity index is 724. The Balaban J connectivity index is 0.00000243. The van der Waals surface area contributed by atoms with Crippen molar-refractivity contribution in [2.75, 3.05) is 39.4 Å². The monoisotopic (exact) mass is 386 g/mol. The van der Waals surface area contributed by atoms with E-state index < -0.39 is 18.6 Å². The summed E-state index contributed by atoms with van der Waals surface area (Å²) < 4.78 is 35.4. The number of rotatable bonds is 6. The van der Waals surface area contributed by atoms with Crippen molar-refractivity contribution in [2.45, 2.75) is 18.9 Å². The first-order valence-corrected chi connectivity index (χ1v) is 8.66. The molecule has 2 aromatic rings. The van der Waals surface area contributed by atoms with Crippen LogP contribution in [0.3, 0.4) is 0 Å². The van der Waals surface area contributed by atoms with Crippen molar-refractivity contribution in [3.63, 3.8) is 0 Å². The van der Waals surface area contributed by atoms with Crippen LogP contribution in [0.4, 0.5) is 8.78 Å². The molecule has 1 saturated heterocycles. The van der Waals surface area contributed by atoms with E-state index in [-0.39, 0.29) is 12.4 Å². The predicted octanol–water partition coefficient (Wildman–Crippen LogP) is 3.23. The van der Waals surface area contributed by atoms with E-state index in [1.54, 1.807) is 11.0 Å². The Morgan fingerprint density at radius 2 is 1.88 bits per heavy atom. The Morgan fingerprint density at radius 3 is 2.54 bits per heavy atom. The molecular weight excluding hydrogens is 362 g/mol. The van der Waals surface area contributed by atoms with E-state index >= 15 is 0 Å². The molecule has 0 spiro atoms. The van der Waals surface area contributed by atoms with Gasteiger partial charge < -0.3 is 15.2 Å². The molecule has 26 heavy (non-hydrogen) atoms. The van der Waals surface area contributed by atoms with Crippen LogP contribution in [0.1, 0.15) is 18.5 Å². The fraction of sp³-hybridized carbons (Fsp3) is 0.474. The van der Waals surface area contributed by atoms with E-state index in [1.807, 2.05) is 37.3 Å². The summed E-state index contributed by atoms with van der Waals surface area (Å²) in [7, 11) is 0. The van der Waals surface area contributed by atoms with Gasteiger partial charge in [-0.25, -0.2) is 8.78 Å². The second-order valence-corrected chi connectivity index (χ2v) is 6.24. The van der Waals surface area contributed by atoms with Gasteiger partial charge in [0.15, 0.2) is 0 Å². The summed E-state index contributed by atoms with van der Waals surface area (Å²) in [5, 5.41) is 14.2. The zero-order valence-corrected chi connectivity index (χ0v) is 15.6. The number of ether oxygens (including phenoxy) is 1. The van der Waals surface area contributed by atoms with Gasteiger partial charge in [-0.2, -0.15) is 0 Å². The molecule has 1 aliphatic heterocycles. The zero-order chi connectivity index (χ0) is 17.9. The quantitative estimate of drug-likeness (QED) is 0.800. The summed E-state index contributed by atoms with van der Waals surface area (Å²) in [6, 6.07) is 9.88. The number of halogens is 3. The maximum Gasteiger partial charge on any atom is 0.290 e. The van der Waals surface area contributed by atoms with E-state index in [0.29, 0.717) is 44.1 Å². The number of hydrogen-bond donors (Lipinski definition) is 2. The molecule has 4 nitrogen and oxygen atoms in total. The maximum absolute atomic E-state index is 14.9. The lowest BCUT2D eigenvalue weighted by Crippen LogP contribution is -2.51. The summed E-state index contributed by atoms with van der Waals surface area (Å²) in [6.07, 6.45) is 0. The topological polar surface area (TPSA) is 44.7 Å². The van der Waals surface area contributed by atoms with Crippen LogP contribution < -0.4 is 10.1 Å². The molecule has 0 bridgehead atoms. The summed E-state index contributed by atoms with van der Waals surface area (Å²) >= 11 is 0. The third-order valence-electron chi connectivity index (χ3n) is 4.63. The normalized spacial score (nSPS) is 16.9. The van der Waals surface area contributed by atoms with E-state index in [1.165, 1.54) is 0 Å². The Hall–Kier alpha value is -1.47. The first-order chi connectivity index (χ1) is 12.1. The molecule has 3 rings (SSSR count). The number of benzene rings is 2. The maximum atomic E-state index is 14.9. The van der Waals surface area contributed by atoms with Crippen LogP contribution in [-0.4, -0.2) is 55.3 Å². The second kappa shape index (κ2) is 8.95. The molecule has 0 radical (unpaired) electrons. The molecule has 2 N–H and O–H groups in total. The minimum absolute atomic E-state index is 0. The molecule has 1 aliphatic rings. The van der Waals surface area contributed by atoms with Gasteiger partial charge in [-0.15, -0.1) is 12.4 Å². The van der Waals surface area contributed by atoms with Crippen LogP contribution in [0.25, 0.3) is 10.8 Å². The minimum atomic E-state index is -3.27. The lowest BCUT2D eigenvalue weighted by molar-refractivity contribution is -0.118. The summed E-state index contributed by atoms with van der Waals surface area (Å²) in [6.45, 7) is 3.31. The lowest BCUT2D eigenvalue weighted by atomic mass is 9.92. The lowest BCUT2D eigenvalue weighted by Gasteiger charge is -2.39. The van der Waals surface area contributed by atoms with E-state index in [4.69, 9.17) is 4.74 Å². The SMILES string of the molecule is CCOc1ccc2ccccc2c1[C@H](N1CCNCC1)C(F)(F)CO.Cl. The van der Waals surface area contributed by atoms with Gasteiger partial charge in [0.05, 0.1) is 6.61 Å². The highest BCUT2D eigenvalue weighted by atomic mass is 35.5. The molecule has 1 heterocycles. The Morgan fingerprint density at radius 1 is 1.19 bits per heavy atom. The fourth-order valence-electron chi connectivity index (χ4n) is 3.53. The summed E-state index contributed by atoms with van der Waals surface area (Å²) in [5.74, 6) is -2.81. The third-order valence-corrected chi connectivity index (χ3v) is 4.63. The van der Waals surface area contributed by atoms with Gasteiger partial charge in [0.1, 0.15) is 18.4 Å². The van der Waals surface area contributed by atoms with Crippen molar-refractivity contribution in [3.8, 4) is 5.75 Å². The van der Waals surface area contributed by atoms with Crippen molar-refractivity contribution in [1.82, 2.24) is 10.2 Å². The highest BCUT2D eigenvalue weighted by Crippen LogP contribution is 2.44. The second-order valence-electron chi connectivity index (χ2n) is 6.24. The number of aliphatic hydroxyl groups is 1. The van der Waals surface area contributed by atoms with Crippen LogP contribution in [-0.2, 0) is 0 Å². The van der Waals surface area contributed by atoms with Crippen LogP contribution in [0.15, 0.2) is 36.4 Å². The number of nitrogens with zero attached hydrogens (tertiary/aromatic N) is 1. The molecule has 144 valence electrons. The van der Waals surface area contributed by atoms with Gasteiger partial charge >= 0.3 is 0 Å². The van der Waals surface area contributed by atoms with E-state index in [2.05, 4.69) is 5.32 Å². The molecule has 2 aromatic carbocycles. The zero-order valence-electron chi connectivity index (χ0n) is 14.8. The van der Waals surface area contributed by atoms with Gasteiger partial charge in [0, 0.05) is 31.7 Å². The minimum Gasteiger partial charge on any atom is -0.494 e. The first kappa shape index (κ1) is 20.8. The van der Waals surface area contributed by atoms with Crippen LogP contribution in [0.5, 0.6) is 5.75 Å². The van der Waals surface area contributed by atoms with Crippen LogP contribution in [0.2, 0.25) is 0 Å². The van der Waals surface area contributed by atoms with Crippen molar-refractivity contribution in [1.29, 1.82) is 0 Å². The number of piperazine rings is 1. The van der Waals surface area contributed by atoms with Crippen molar-refractivity contribution < 1.29 is 18.6 Å². The van der Waals surface area contributed by atoms with Crippen molar-refractivity contribution in [3.05, 3.63) is 42.0 Å². The van der Waals surface area contributed by atoms with Crippen LogP contribution in [0, 0.1) is 0 Å². The van der Waals surface area contributed by atoms with Gasteiger partial charge in [-0.1, -0.05) is 30.3 Å². The van der Waals surface area contributed by atoms with Gasteiger partial charge in [-0.05, 0) is 23.8 Å². The number of hydrogen-bond acceptors (Lipinski definition) is 4. The molecule has 1 fully saturated rings. The molecule has 1 atom stereocenters. The largest absolute Gasteiger partial charge is 0.494 e. The van der Waals surface area contributed by atoms with Gasteiger partial charge in [-0.3, -0.25) is 4.90 Å². The van der Waals surface area contributed by atoms with Crippen molar-refractivity contribution in [2.24, 2.45) is 0 Å². The number of aliphatic hydroxyl groups excluding tert-OH is 1. The highest BCUT2D eigenvalue weighted by Gasteiger charge is 2.46. The summed E-state index contributed by atoms with van der Waals surface area (Å²) in [4.78, 5) is 1.75. The Kier molecular flexibility index (Phi) is 7.17. The molecule has 7 heteroatoms. The Labute approximate surface area is 158 Å². The molecular formula is C19H25ClF2N2O2. The van der Waals surface area contributed by atoms with Crippen LogP contribution >= 0.6 is 12.4 Å². The third kappa shape index (κ3) is 4.09. The number of fused-ring (bicyclic) bond motifs is 1. The van der Waals surface area contributed by atoms with Crippen molar-refractivity contribution >= 4 is 23.2 Å². The molecule has 0 saturated carbocycles. The first-order valence-electron chi connectivity index (χ1n) is 8.66. The number of alkyl halides is 2. The number of nitrogens with one attached hydrogen (secondary N) is 1. The fourth-order valence-corrected chi connectivity index (χ4v) is 3.53. The molecule has 0 unspecified atom stereocenters. The molecule has 0 amide bonds. The summed E-state index contributed by atoms with van der Waals surface area (Å²) in [5.41, 5.74) is 0.459. The average Bonchev–Trinajstić information content (AvgIpc) is 2.64. The highest BCUT2D eigenvalue weighted by molar-refractivity contribution is 5.88. The van der Waals surface area contributed by atoms with Gasteiger partial charge in [0.2, 0.25) is 0 Å². The molecule has 0 aliphatic carbocycles. The van der Waals surface area contributed by atoms with E-state index in [9.17, 15) is 13.9 Å².